The molecule has 0 bridgehead atoms. The average Bonchev–Trinajstić information content (AvgIpc) is 3.31. The van der Waals surface area contributed by atoms with Crippen molar-refractivity contribution in [1.82, 2.24) is 9.80 Å². The first-order valence-electron chi connectivity index (χ1n) is 12.4. The first-order valence-corrected chi connectivity index (χ1v) is 12.4. The molecule has 0 aromatic heterocycles. The molecule has 0 aromatic rings. The molecule has 6 heteroatoms. The second kappa shape index (κ2) is 9.13. The van der Waals surface area contributed by atoms with E-state index in [9.17, 15) is 9.18 Å². The number of nitrogens with zero attached hydrogens (tertiary/aromatic N) is 2. The molecule has 2 aliphatic heterocycles. The molecule has 3 N–H and O–H groups in total. The predicted molar refractivity (Wildman–Crippen MR) is 118 cm³/mol. The normalized spacial score (nSPS) is 40.0. The number of hydrogen-bond donors (Lipinski definition) is 2. The van der Waals surface area contributed by atoms with E-state index in [1.165, 1.54) is 25.7 Å². The fourth-order valence-electron chi connectivity index (χ4n) is 6.80. The van der Waals surface area contributed by atoms with Crippen molar-refractivity contribution in [3.05, 3.63) is 0 Å². The maximum atomic E-state index is 13.8. The zero-order valence-corrected chi connectivity index (χ0v) is 18.9. The van der Waals surface area contributed by atoms with E-state index in [1.807, 2.05) is 0 Å². The van der Waals surface area contributed by atoms with E-state index in [0.29, 0.717) is 36.7 Å². The lowest BCUT2D eigenvalue weighted by Crippen LogP contribution is -2.50. The van der Waals surface area contributed by atoms with Gasteiger partial charge in [0.05, 0.1) is 18.4 Å². The van der Waals surface area contributed by atoms with Gasteiger partial charge in [0.25, 0.3) is 0 Å². The highest BCUT2D eigenvalue weighted by molar-refractivity contribution is 5.83. The maximum absolute atomic E-state index is 13.8. The van der Waals surface area contributed by atoms with Crippen molar-refractivity contribution in [3.8, 4) is 0 Å². The van der Waals surface area contributed by atoms with Gasteiger partial charge < -0.3 is 10.6 Å². The molecule has 2 saturated heterocycles. The van der Waals surface area contributed by atoms with Crippen molar-refractivity contribution >= 4 is 11.7 Å². The van der Waals surface area contributed by atoms with Gasteiger partial charge in [-0.25, -0.2) is 4.39 Å². The molecule has 5 atom stereocenters. The summed E-state index contributed by atoms with van der Waals surface area (Å²) in [5.41, 5.74) is 5.88. The van der Waals surface area contributed by atoms with Gasteiger partial charge in [-0.1, -0.05) is 13.8 Å². The van der Waals surface area contributed by atoms with Gasteiger partial charge in [0.2, 0.25) is 5.91 Å². The molecule has 4 fully saturated rings. The summed E-state index contributed by atoms with van der Waals surface area (Å²) in [5, 5.41) is 7.96. The Bertz CT molecular complexity index is 633. The minimum absolute atomic E-state index is 0.0983. The number of fused-ring (bicyclic) bond motifs is 1. The zero-order chi connectivity index (χ0) is 21.4. The standard InChI is InChI=1S/C24H41FN4O/c1-15(2)17-5-3-16(4-6-17)13-29-21-12-19(23(26)27)8-7-18(21)11-22(29)24(30)28-10-9-20(25)14-28/h15-22H,3-14H2,1-2H3,(H3,26,27)/t16?,17?,18?,19?,20-,21?,22?/m0/s1. The Morgan fingerprint density at radius 1 is 1.10 bits per heavy atom. The van der Waals surface area contributed by atoms with Gasteiger partial charge in [0, 0.05) is 25.0 Å². The van der Waals surface area contributed by atoms with Crippen molar-refractivity contribution in [3.63, 3.8) is 0 Å². The summed E-state index contributed by atoms with van der Waals surface area (Å²) in [5.74, 6) is 3.38. The highest BCUT2D eigenvalue weighted by Crippen LogP contribution is 2.44. The number of amidine groups is 1. The minimum Gasteiger partial charge on any atom is -0.387 e. The molecule has 4 rings (SSSR count). The van der Waals surface area contributed by atoms with E-state index in [4.69, 9.17) is 11.1 Å². The number of nitrogens with one attached hydrogen (secondary N) is 1. The van der Waals surface area contributed by atoms with Crippen LogP contribution in [-0.4, -0.2) is 59.4 Å². The van der Waals surface area contributed by atoms with Crippen LogP contribution in [0.25, 0.3) is 0 Å². The van der Waals surface area contributed by atoms with E-state index >= 15 is 0 Å². The lowest BCUT2D eigenvalue weighted by atomic mass is 9.76. The van der Waals surface area contributed by atoms with Crippen LogP contribution in [0, 0.1) is 35.0 Å². The molecule has 5 nitrogen and oxygen atoms in total. The first kappa shape index (κ1) is 22.0. The van der Waals surface area contributed by atoms with Gasteiger partial charge in [-0.2, -0.15) is 0 Å². The molecule has 4 unspecified atom stereocenters. The minimum atomic E-state index is -0.862. The van der Waals surface area contributed by atoms with Crippen LogP contribution >= 0.6 is 0 Å². The molecular formula is C24H41FN4O. The maximum Gasteiger partial charge on any atom is 0.240 e. The van der Waals surface area contributed by atoms with E-state index in [0.717, 1.165) is 44.1 Å². The fourth-order valence-corrected chi connectivity index (χ4v) is 6.80. The molecule has 170 valence electrons. The van der Waals surface area contributed by atoms with Crippen LogP contribution in [0.2, 0.25) is 0 Å². The average molecular weight is 421 g/mol. The van der Waals surface area contributed by atoms with Crippen molar-refractivity contribution in [2.75, 3.05) is 19.6 Å². The number of rotatable bonds is 5. The second-order valence-electron chi connectivity index (χ2n) is 10.9. The largest absolute Gasteiger partial charge is 0.387 e. The molecule has 2 heterocycles. The van der Waals surface area contributed by atoms with Gasteiger partial charge in [-0.05, 0) is 81.5 Å². The lowest BCUT2D eigenvalue weighted by molar-refractivity contribution is -0.136. The summed E-state index contributed by atoms with van der Waals surface area (Å²) in [6.07, 6.45) is 8.58. The van der Waals surface area contributed by atoms with E-state index < -0.39 is 6.17 Å². The topological polar surface area (TPSA) is 73.4 Å². The van der Waals surface area contributed by atoms with Crippen LogP contribution in [0.15, 0.2) is 0 Å². The van der Waals surface area contributed by atoms with E-state index in [1.54, 1.807) is 4.90 Å². The smallest absolute Gasteiger partial charge is 0.240 e. The third-order valence-corrected chi connectivity index (χ3v) is 8.78. The summed E-state index contributed by atoms with van der Waals surface area (Å²) in [6, 6.07) is 0.257. The van der Waals surface area contributed by atoms with Gasteiger partial charge in [0.1, 0.15) is 6.17 Å². The van der Waals surface area contributed by atoms with Crippen molar-refractivity contribution < 1.29 is 9.18 Å². The van der Waals surface area contributed by atoms with Crippen molar-refractivity contribution in [1.29, 1.82) is 5.41 Å². The summed E-state index contributed by atoms with van der Waals surface area (Å²) in [6.45, 7) is 6.50. The summed E-state index contributed by atoms with van der Waals surface area (Å²) >= 11 is 0. The molecule has 4 aliphatic rings. The number of carbonyl (C=O) groups excluding carboxylic acids is 1. The van der Waals surface area contributed by atoms with Crippen LogP contribution in [0.4, 0.5) is 4.39 Å². The Kier molecular flexibility index (Phi) is 6.71. The van der Waals surface area contributed by atoms with Gasteiger partial charge in [-0.3, -0.25) is 15.1 Å². The highest BCUT2D eigenvalue weighted by atomic mass is 19.1. The summed E-state index contributed by atoms with van der Waals surface area (Å²) in [7, 11) is 0. The fraction of sp³-hybridized carbons (Fsp3) is 0.917. The Balaban J connectivity index is 1.47. The quantitative estimate of drug-likeness (QED) is 0.525. The number of alkyl halides is 1. The Morgan fingerprint density at radius 3 is 2.43 bits per heavy atom. The van der Waals surface area contributed by atoms with Gasteiger partial charge in [0.15, 0.2) is 0 Å². The molecule has 0 spiro atoms. The lowest BCUT2D eigenvalue weighted by Gasteiger charge is -2.40. The SMILES string of the molecule is CC(C)C1CCC(CN2C(C(=O)N3CC[C@H](F)C3)CC3CCC(C(=N)N)CC32)CC1. The van der Waals surface area contributed by atoms with E-state index in [-0.39, 0.29) is 24.4 Å². The number of hydrogen-bond acceptors (Lipinski definition) is 3. The van der Waals surface area contributed by atoms with Crippen molar-refractivity contribution in [2.45, 2.75) is 89.9 Å². The third kappa shape index (κ3) is 4.53. The van der Waals surface area contributed by atoms with Crippen LogP contribution in [0.5, 0.6) is 0 Å². The zero-order valence-electron chi connectivity index (χ0n) is 18.9. The number of amides is 1. The van der Waals surface area contributed by atoms with Gasteiger partial charge >= 0.3 is 0 Å². The molecule has 0 aromatic carbocycles. The molecule has 1 amide bonds. The second-order valence-corrected chi connectivity index (χ2v) is 10.9. The van der Waals surface area contributed by atoms with Crippen LogP contribution in [0.3, 0.4) is 0 Å². The number of nitrogens with two attached hydrogens (primary N) is 1. The molecule has 30 heavy (non-hydrogen) atoms. The summed E-state index contributed by atoms with van der Waals surface area (Å²) in [4.78, 5) is 17.7. The Hall–Kier alpha value is -1.17. The first-order chi connectivity index (χ1) is 14.3. The number of likely N-dealkylation sites (tertiary alicyclic amines) is 2. The Labute approximate surface area is 181 Å². The van der Waals surface area contributed by atoms with Crippen LogP contribution in [0.1, 0.15) is 71.6 Å². The predicted octanol–water partition coefficient (Wildman–Crippen LogP) is 3.81. The van der Waals surface area contributed by atoms with Crippen LogP contribution < -0.4 is 5.73 Å². The van der Waals surface area contributed by atoms with E-state index in [2.05, 4.69) is 18.7 Å². The monoisotopic (exact) mass is 420 g/mol. The number of halogens is 1. The molecule has 0 radical (unpaired) electrons. The molecular weight excluding hydrogens is 379 g/mol. The van der Waals surface area contributed by atoms with Crippen molar-refractivity contribution in [2.24, 2.45) is 35.3 Å². The number of carbonyl (C=O) groups is 1. The molecule has 2 saturated carbocycles. The Morgan fingerprint density at radius 2 is 1.83 bits per heavy atom. The van der Waals surface area contributed by atoms with Crippen LogP contribution in [-0.2, 0) is 4.79 Å². The molecule has 2 aliphatic carbocycles. The summed E-state index contributed by atoms with van der Waals surface area (Å²) < 4.78 is 13.8. The third-order valence-electron chi connectivity index (χ3n) is 8.78. The van der Waals surface area contributed by atoms with Gasteiger partial charge in [-0.15, -0.1) is 0 Å². The highest BCUT2D eigenvalue weighted by Gasteiger charge is 2.49.